The van der Waals surface area contributed by atoms with Crippen LogP contribution in [-0.2, 0) is 13.0 Å². The predicted octanol–water partition coefficient (Wildman–Crippen LogP) is 1.25. The van der Waals surface area contributed by atoms with E-state index in [2.05, 4.69) is 43.5 Å². The van der Waals surface area contributed by atoms with Gasteiger partial charge >= 0.3 is 0 Å². The lowest BCUT2D eigenvalue weighted by atomic mass is 9.95. The Hall–Kier alpha value is -2.47. The van der Waals surface area contributed by atoms with Crippen molar-refractivity contribution in [1.29, 1.82) is 0 Å². The molecule has 0 saturated carbocycles. The number of nitrogens with two attached hydrogens (primary N) is 1. The topological polar surface area (TPSA) is 92.5 Å². The number of hydrogen-bond acceptors (Lipinski definition) is 5. The van der Waals surface area contributed by atoms with Gasteiger partial charge in [0.15, 0.2) is 11.5 Å². The van der Waals surface area contributed by atoms with Crippen LogP contribution in [0.15, 0.2) is 24.5 Å². The SMILES string of the molecule is Nc1ncnc2nc(-c3cccc4c3CCNC4)[nH]c12. The van der Waals surface area contributed by atoms with Crippen LogP contribution in [0.1, 0.15) is 11.1 Å². The van der Waals surface area contributed by atoms with Crippen molar-refractivity contribution in [2.45, 2.75) is 13.0 Å². The summed E-state index contributed by atoms with van der Waals surface area (Å²) in [6.45, 7) is 1.90. The Kier molecular flexibility index (Phi) is 2.43. The van der Waals surface area contributed by atoms with E-state index >= 15 is 0 Å². The van der Waals surface area contributed by atoms with Crippen LogP contribution in [0.5, 0.6) is 0 Å². The zero-order valence-corrected chi connectivity index (χ0v) is 10.8. The van der Waals surface area contributed by atoms with Crippen molar-refractivity contribution in [3.05, 3.63) is 35.7 Å². The fourth-order valence-corrected chi connectivity index (χ4v) is 2.73. The molecule has 3 aromatic rings. The minimum absolute atomic E-state index is 0.431. The summed E-state index contributed by atoms with van der Waals surface area (Å²) in [6, 6.07) is 6.30. The lowest BCUT2D eigenvalue weighted by molar-refractivity contribution is 0.644. The van der Waals surface area contributed by atoms with Crippen molar-refractivity contribution in [1.82, 2.24) is 25.3 Å². The summed E-state index contributed by atoms with van der Waals surface area (Å²) in [5.41, 5.74) is 11.0. The van der Waals surface area contributed by atoms with Crippen LogP contribution in [0, 0.1) is 0 Å². The highest BCUT2D eigenvalue weighted by Crippen LogP contribution is 2.28. The normalized spacial score (nSPS) is 14.4. The number of benzene rings is 1. The molecule has 0 amide bonds. The minimum Gasteiger partial charge on any atom is -0.382 e. The molecule has 1 aliphatic rings. The Balaban J connectivity index is 1.93. The van der Waals surface area contributed by atoms with E-state index in [1.807, 2.05) is 0 Å². The zero-order chi connectivity index (χ0) is 13.5. The summed E-state index contributed by atoms with van der Waals surface area (Å²) in [5.74, 6) is 1.24. The molecule has 4 N–H and O–H groups in total. The van der Waals surface area contributed by atoms with E-state index in [1.165, 1.54) is 17.5 Å². The molecule has 0 spiro atoms. The molecule has 4 rings (SSSR count). The molecular formula is C14H14N6. The number of H-pyrrole nitrogens is 1. The van der Waals surface area contributed by atoms with Gasteiger partial charge in [-0.25, -0.2) is 15.0 Å². The van der Waals surface area contributed by atoms with Gasteiger partial charge < -0.3 is 16.0 Å². The average molecular weight is 266 g/mol. The Morgan fingerprint density at radius 3 is 3.05 bits per heavy atom. The maximum atomic E-state index is 5.85. The largest absolute Gasteiger partial charge is 0.382 e. The summed E-state index contributed by atoms with van der Waals surface area (Å²) < 4.78 is 0. The third kappa shape index (κ3) is 1.65. The molecule has 6 heteroatoms. The van der Waals surface area contributed by atoms with Gasteiger partial charge in [0.05, 0.1) is 0 Å². The van der Waals surface area contributed by atoms with E-state index in [9.17, 15) is 0 Å². The monoisotopic (exact) mass is 266 g/mol. The number of aromatic amines is 1. The maximum absolute atomic E-state index is 5.85. The first kappa shape index (κ1) is 11.4. The van der Waals surface area contributed by atoms with E-state index in [4.69, 9.17) is 5.73 Å². The van der Waals surface area contributed by atoms with E-state index in [1.54, 1.807) is 0 Å². The number of aromatic nitrogens is 4. The second kappa shape index (κ2) is 4.28. The van der Waals surface area contributed by atoms with Crippen molar-refractivity contribution in [3.8, 4) is 11.4 Å². The molecule has 0 radical (unpaired) electrons. The van der Waals surface area contributed by atoms with Gasteiger partial charge in [-0.15, -0.1) is 0 Å². The molecule has 2 aromatic heterocycles. The maximum Gasteiger partial charge on any atom is 0.183 e. The van der Waals surface area contributed by atoms with Crippen LogP contribution in [0.4, 0.5) is 5.82 Å². The molecule has 1 aliphatic heterocycles. The first-order chi connectivity index (χ1) is 9.83. The highest BCUT2D eigenvalue weighted by Gasteiger charge is 2.16. The number of nitrogens with zero attached hydrogens (tertiary/aromatic N) is 3. The number of hydrogen-bond donors (Lipinski definition) is 3. The average Bonchev–Trinajstić information content (AvgIpc) is 2.92. The fourth-order valence-electron chi connectivity index (χ4n) is 2.73. The van der Waals surface area contributed by atoms with Crippen molar-refractivity contribution < 1.29 is 0 Å². The Morgan fingerprint density at radius 2 is 2.15 bits per heavy atom. The molecular weight excluding hydrogens is 252 g/mol. The fraction of sp³-hybridized carbons (Fsp3) is 0.214. The van der Waals surface area contributed by atoms with Crippen molar-refractivity contribution >= 4 is 17.0 Å². The van der Waals surface area contributed by atoms with Gasteiger partial charge in [-0.2, -0.15) is 0 Å². The number of fused-ring (bicyclic) bond motifs is 2. The molecule has 3 heterocycles. The highest BCUT2D eigenvalue weighted by atomic mass is 15.0. The van der Waals surface area contributed by atoms with Crippen LogP contribution >= 0.6 is 0 Å². The van der Waals surface area contributed by atoms with Gasteiger partial charge in [-0.3, -0.25) is 0 Å². The molecule has 0 bridgehead atoms. The quantitative estimate of drug-likeness (QED) is 0.616. The van der Waals surface area contributed by atoms with Crippen LogP contribution in [-0.4, -0.2) is 26.5 Å². The van der Waals surface area contributed by atoms with Gasteiger partial charge in [-0.05, 0) is 24.1 Å². The summed E-state index contributed by atoms with van der Waals surface area (Å²) in [5, 5.41) is 3.38. The van der Waals surface area contributed by atoms with E-state index in [-0.39, 0.29) is 0 Å². The Labute approximate surface area is 115 Å². The lowest BCUT2D eigenvalue weighted by Crippen LogP contribution is -2.24. The predicted molar refractivity (Wildman–Crippen MR) is 76.9 cm³/mol. The third-order valence-electron chi connectivity index (χ3n) is 3.71. The molecule has 6 nitrogen and oxygen atoms in total. The minimum atomic E-state index is 0.431. The van der Waals surface area contributed by atoms with Crippen molar-refractivity contribution in [3.63, 3.8) is 0 Å². The first-order valence-corrected chi connectivity index (χ1v) is 6.61. The van der Waals surface area contributed by atoms with Gasteiger partial charge in [-0.1, -0.05) is 18.2 Å². The molecule has 0 aliphatic carbocycles. The van der Waals surface area contributed by atoms with E-state index in [0.29, 0.717) is 17.0 Å². The van der Waals surface area contributed by atoms with Gasteiger partial charge in [0.1, 0.15) is 17.7 Å². The molecule has 0 atom stereocenters. The van der Waals surface area contributed by atoms with Crippen molar-refractivity contribution in [2.24, 2.45) is 0 Å². The van der Waals surface area contributed by atoms with Gasteiger partial charge in [0.2, 0.25) is 0 Å². The molecule has 100 valence electrons. The molecule has 20 heavy (non-hydrogen) atoms. The van der Waals surface area contributed by atoms with Crippen molar-refractivity contribution in [2.75, 3.05) is 12.3 Å². The van der Waals surface area contributed by atoms with Crippen LogP contribution < -0.4 is 11.1 Å². The number of nitrogen functional groups attached to an aromatic ring is 1. The number of anilines is 1. The Bertz CT molecular complexity index is 791. The van der Waals surface area contributed by atoms with E-state index in [0.717, 1.165) is 30.9 Å². The molecule has 0 fully saturated rings. The molecule has 0 saturated heterocycles. The second-order valence-corrected chi connectivity index (χ2v) is 4.91. The van der Waals surface area contributed by atoms with E-state index < -0.39 is 0 Å². The summed E-state index contributed by atoms with van der Waals surface area (Å²) in [4.78, 5) is 15.9. The number of rotatable bonds is 1. The first-order valence-electron chi connectivity index (χ1n) is 6.61. The highest BCUT2D eigenvalue weighted by molar-refractivity contribution is 5.84. The number of nitrogens with one attached hydrogen (secondary N) is 2. The standard InChI is InChI=1S/C14H14N6/c15-12-11-14(18-7-17-12)20-13(19-11)10-3-1-2-8-6-16-5-4-9(8)10/h1-3,7,16H,4-6H2,(H3,15,17,18,19,20). The van der Waals surface area contributed by atoms with Crippen LogP contribution in [0.2, 0.25) is 0 Å². The summed E-state index contributed by atoms with van der Waals surface area (Å²) >= 11 is 0. The molecule has 1 aromatic carbocycles. The van der Waals surface area contributed by atoms with Crippen LogP contribution in [0.25, 0.3) is 22.6 Å². The summed E-state index contributed by atoms with van der Waals surface area (Å²) in [6.07, 6.45) is 2.44. The third-order valence-corrected chi connectivity index (χ3v) is 3.71. The number of imidazole rings is 1. The smallest absolute Gasteiger partial charge is 0.183 e. The van der Waals surface area contributed by atoms with Gasteiger partial charge in [0, 0.05) is 12.1 Å². The second-order valence-electron chi connectivity index (χ2n) is 4.91. The van der Waals surface area contributed by atoms with Crippen LogP contribution in [0.3, 0.4) is 0 Å². The summed E-state index contributed by atoms with van der Waals surface area (Å²) in [7, 11) is 0. The lowest BCUT2D eigenvalue weighted by Gasteiger charge is -2.19. The molecule has 0 unspecified atom stereocenters. The Morgan fingerprint density at radius 1 is 1.20 bits per heavy atom. The zero-order valence-electron chi connectivity index (χ0n) is 10.8. The van der Waals surface area contributed by atoms with Gasteiger partial charge in [0.25, 0.3) is 0 Å².